The van der Waals surface area contributed by atoms with Crippen molar-refractivity contribution in [1.29, 1.82) is 0 Å². The minimum Gasteiger partial charge on any atom is -0.496 e. The Hall–Kier alpha value is -2.01. The number of halogens is 3. The summed E-state index contributed by atoms with van der Waals surface area (Å²) < 4.78 is 45.1. The first-order chi connectivity index (χ1) is 9.52. The summed E-state index contributed by atoms with van der Waals surface area (Å²) in [5.74, 6) is -1.94. The van der Waals surface area contributed by atoms with E-state index in [2.05, 4.69) is 0 Å². The number of aliphatic hydroxyl groups excluding tert-OH is 1. The smallest absolute Gasteiger partial charge is 0.132 e. The standard InChI is InChI=1S/C15H13F3O2/c1-20-14-4-2-3-11(17)15(14)13(19)7-9-5-6-10(16)8-12(9)18/h2-6,8,13,19H,7H2,1H3. The maximum Gasteiger partial charge on any atom is 0.132 e. The summed E-state index contributed by atoms with van der Waals surface area (Å²) in [5.41, 5.74) is 0.0583. The van der Waals surface area contributed by atoms with Crippen molar-refractivity contribution >= 4 is 0 Å². The first-order valence-electron chi connectivity index (χ1n) is 5.97. The predicted octanol–water partition coefficient (Wildman–Crippen LogP) is 3.39. The zero-order chi connectivity index (χ0) is 14.7. The van der Waals surface area contributed by atoms with E-state index in [1.54, 1.807) is 0 Å². The van der Waals surface area contributed by atoms with Gasteiger partial charge in [0.2, 0.25) is 0 Å². The molecular formula is C15H13F3O2. The van der Waals surface area contributed by atoms with E-state index in [-0.39, 0.29) is 23.3 Å². The Kier molecular flexibility index (Phi) is 4.29. The van der Waals surface area contributed by atoms with Crippen LogP contribution >= 0.6 is 0 Å². The lowest BCUT2D eigenvalue weighted by atomic mass is 9.99. The lowest BCUT2D eigenvalue weighted by Gasteiger charge is -2.16. The molecule has 2 aromatic carbocycles. The van der Waals surface area contributed by atoms with Crippen molar-refractivity contribution in [1.82, 2.24) is 0 Å². The molecule has 20 heavy (non-hydrogen) atoms. The maximum absolute atomic E-state index is 13.8. The highest BCUT2D eigenvalue weighted by Crippen LogP contribution is 2.30. The summed E-state index contributed by atoms with van der Waals surface area (Å²) in [7, 11) is 1.35. The molecule has 106 valence electrons. The van der Waals surface area contributed by atoms with Crippen LogP contribution in [0.5, 0.6) is 5.75 Å². The van der Waals surface area contributed by atoms with Crippen LogP contribution in [-0.2, 0) is 6.42 Å². The summed E-state index contributed by atoms with van der Waals surface area (Å²) in [6.45, 7) is 0. The van der Waals surface area contributed by atoms with Crippen LogP contribution in [0.4, 0.5) is 13.2 Å². The molecule has 0 amide bonds. The van der Waals surface area contributed by atoms with Crippen molar-refractivity contribution in [2.75, 3.05) is 7.11 Å². The van der Waals surface area contributed by atoms with Crippen molar-refractivity contribution in [3.63, 3.8) is 0 Å². The Labute approximate surface area is 114 Å². The van der Waals surface area contributed by atoms with Gasteiger partial charge >= 0.3 is 0 Å². The highest BCUT2D eigenvalue weighted by molar-refractivity contribution is 5.37. The van der Waals surface area contributed by atoms with Gasteiger partial charge in [-0.25, -0.2) is 13.2 Å². The van der Waals surface area contributed by atoms with E-state index < -0.39 is 23.6 Å². The fraction of sp³-hybridized carbons (Fsp3) is 0.200. The monoisotopic (exact) mass is 282 g/mol. The molecule has 2 rings (SSSR count). The summed E-state index contributed by atoms with van der Waals surface area (Å²) in [6.07, 6.45) is -1.46. The van der Waals surface area contributed by atoms with E-state index in [4.69, 9.17) is 4.74 Å². The molecule has 0 heterocycles. The Morgan fingerprint density at radius 1 is 1.10 bits per heavy atom. The zero-order valence-electron chi connectivity index (χ0n) is 10.7. The van der Waals surface area contributed by atoms with Gasteiger partial charge in [-0.1, -0.05) is 12.1 Å². The number of methoxy groups -OCH3 is 1. The van der Waals surface area contributed by atoms with Gasteiger partial charge < -0.3 is 9.84 Å². The second-order valence-electron chi connectivity index (χ2n) is 4.31. The molecule has 0 aliphatic rings. The fourth-order valence-corrected chi connectivity index (χ4v) is 2.02. The van der Waals surface area contributed by atoms with Crippen molar-refractivity contribution in [2.45, 2.75) is 12.5 Å². The Morgan fingerprint density at radius 3 is 2.50 bits per heavy atom. The number of aliphatic hydroxyl groups is 1. The molecule has 2 aromatic rings. The van der Waals surface area contributed by atoms with Crippen molar-refractivity contribution in [2.24, 2.45) is 0 Å². The largest absolute Gasteiger partial charge is 0.496 e. The van der Waals surface area contributed by atoms with Crippen LogP contribution in [0.3, 0.4) is 0 Å². The van der Waals surface area contributed by atoms with Crippen LogP contribution in [-0.4, -0.2) is 12.2 Å². The number of hydrogen-bond donors (Lipinski definition) is 1. The minimum atomic E-state index is -1.29. The summed E-state index contributed by atoms with van der Waals surface area (Å²) >= 11 is 0. The van der Waals surface area contributed by atoms with Gasteiger partial charge in [-0.2, -0.15) is 0 Å². The second-order valence-corrected chi connectivity index (χ2v) is 4.31. The lowest BCUT2D eigenvalue weighted by molar-refractivity contribution is 0.167. The topological polar surface area (TPSA) is 29.5 Å². The lowest BCUT2D eigenvalue weighted by Crippen LogP contribution is -2.08. The molecule has 1 N–H and O–H groups in total. The van der Waals surface area contributed by atoms with Gasteiger partial charge in [-0.15, -0.1) is 0 Å². The van der Waals surface area contributed by atoms with Gasteiger partial charge in [0.15, 0.2) is 0 Å². The van der Waals surface area contributed by atoms with Crippen LogP contribution in [0.2, 0.25) is 0 Å². The molecule has 0 radical (unpaired) electrons. The number of benzene rings is 2. The fourth-order valence-electron chi connectivity index (χ4n) is 2.02. The minimum absolute atomic E-state index is 0.0428. The summed E-state index contributed by atoms with van der Waals surface area (Å²) in [4.78, 5) is 0. The normalized spacial score (nSPS) is 12.2. The second kappa shape index (κ2) is 5.96. The van der Waals surface area contributed by atoms with Crippen LogP contribution in [0.15, 0.2) is 36.4 Å². The number of ether oxygens (including phenoxy) is 1. The van der Waals surface area contributed by atoms with Gasteiger partial charge in [-0.05, 0) is 23.8 Å². The Balaban J connectivity index is 2.30. The molecule has 0 aliphatic carbocycles. The average Bonchev–Trinajstić information content (AvgIpc) is 2.41. The van der Waals surface area contributed by atoms with Gasteiger partial charge in [0.05, 0.1) is 18.8 Å². The van der Waals surface area contributed by atoms with Crippen molar-refractivity contribution in [3.8, 4) is 5.75 Å². The summed E-state index contributed by atoms with van der Waals surface area (Å²) in [6, 6.07) is 7.17. The van der Waals surface area contributed by atoms with Crippen molar-refractivity contribution < 1.29 is 23.0 Å². The van der Waals surface area contributed by atoms with E-state index in [1.165, 1.54) is 31.4 Å². The molecule has 0 aromatic heterocycles. The molecule has 1 atom stereocenters. The Bertz CT molecular complexity index is 614. The molecular weight excluding hydrogens is 269 g/mol. The molecule has 2 nitrogen and oxygen atoms in total. The van der Waals surface area contributed by atoms with E-state index >= 15 is 0 Å². The van der Waals surface area contributed by atoms with Gasteiger partial charge in [0, 0.05) is 12.5 Å². The van der Waals surface area contributed by atoms with Crippen LogP contribution < -0.4 is 4.74 Å². The number of hydrogen-bond acceptors (Lipinski definition) is 2. The molecule has 0 spiro atoms. The molecule has 0 saturated heterocycles. The van der Waals surface area contributed by atoms with E-state index in [9.17, 15) is 18.3 Å². The third kappa shape index (κ3) is 2.93. The maximum atomic E-state index is 13.8. The quantitative estimate of drug-likeness (QED) is 0.931. The molecule has 0 saturated carbocycles. The first kappa shape index (κ1) is 14.4. The number of rotatable bonds is 4. The zero-order valence-corrected chi connectivity index (χ0v) is 10.7. The van der Waals surface area contributed by atoms with Gasteiger partial charge in [0.25, 0.3) is 0 Å². The third-order valence-electron chi connectivity index (χ3n) is 2.99. The molecule has 0 aliphatic heterocycles. The van der Waals surface area contributed by atoms with Gasteiger partial charge in [0.1, 0.15) is 23.2 Å². The SMILES string of the molecule is COc1cccc(F)c1C(O)Cc1ccc(F)cc1F. The van der Waals surface area contributed by atoms with Crippen LogP contribution in [0, 0.1) is 17.5 Å². The van der Waals surface area contributed by atoms with E-state index in [1.807, 2.05) is 0 Å². The van der Waals surface area contributed by atoms with E-state index in [0.717, 1.165) is 12.1 Å². The summed E-state index contributed by atoms with van der Waals surface area (Å²) in [5, 5.41) is 10.1. The van der Waals surface area contributed by atoms with E-state index in [0.29, 0.717) is 0 Å². The molecule has 0 fully saturated rings. The average molecular weight is 282 g/mol. The highest BCUT2D eigenvalue weighted by atomic mass is 19.1. The third-order valence-corrected chi connectivity index (χ3v) is 2.99. The van der Waals surface area contributed by atoms with Crippen LogP contribution in [0.25, 0.3) is 0 Å². The first-order valence-corrected chi connectivity index (χ1v) is 5.97. The highest BCUT2D eigenvalue weighted by Gasteiger charge is 2.20. The van der Waals surface area contributed by atoms with Gasteiger partial charge in [-0.3, -0.25) is 0 Å². The van der Waals surface area contributed by atoms with Crippen LogP contribution in [0.1, 0.15) is 17.2 Å². The molecule has 0 bridgehead atoms. The Morgan fingerprint density at radius 2 is 1.85 bits per heavy atom. The predicted molar refractivity (Wildman–Crippen MR) is 68.0 cm³/mol. The molecule has 5 heteroatoms. The van der Waals surface area contributed by atoms with Crippen molar-refractivity contribution in [3.05, 3.63) is 65.0 Å². The molecule has 1 unspecified atom stereocenters.